The van der Waals surface area contributed by atoms with Crippen molar-refractivity contribution in [1.29, 1.82) is 0 Å². The second-order valence-corrected chi connectivity index (χ2v) is 8.40. The Morgan fingerprint density at radius 2 is 1.83 bits per heavy atom. The Hall–Kier alpha value is -3.07. The number of hydrogen-bond donors (Lipinski definition) is 1. The van der Waals surface area contributed by atoms with E-state index in [9.17, 15) is 0 Å². The molecule has 30 heavy (non-hydrogen) atoms. The molecule has 3 aliphatic rings. The maximum atomic E-state index is 5.48. The van der Waals surface area contributed by atoms with Crippen LogP contribution >= 0.6 is 0 Å². The highest BCUT2D eigenvalue weighted by atomic mass is 16.5. The van der Waals surface area contributed by atoms with E-state index in [1.807, 2.05) is 24.3 Å². The van der Waals surface area contributed by atoms with Gasteiger partial charge in [0.1, 0.15) is 17.2 Å². The van der Waals surface area contributed by atoms with Crippen LogP contribution in [-0.2, 0) is 7.05 Å². The van der Waals surface area contributed by atoms with Gasteiger partial charge in [-0.1, -0.05) is 0 Å². The van der Waals surface area contributed by atoms with Crippen LogP contribution in [0.5, 0.6) is 5.88 Å². The molecular formula is C21H24N8O. The van der Waals surface area contributed by atoms with Gasteiger partial charge in [-0.3, -0.25) is 4.90 Å². The molecule has 4 atom stereocenters. The van der Waals surface area contributed by atoms with Crippen LogP contribution in [0.3, 0.4) is 0 Å². The summed E-state index contributed by atoms with van der Waals surface area (Å²) in [7, 11) is 3.38. The standard InChI is InChI=1S/C21H24N8O/c1-28-22-11-18(27-28)14-5-6-15(24-21(14)30-2)16-7-8-20(26-25-16)23-17-9-12-3-4-13-10-19(17)29(12)13/h5-8,11-13,17,19H,3-4,9-10H2,1-2H3,(H,23,26)/t12-,13+,17-,19?/m0/s1. The average molecular weight is 404 g/mol. The summed E-state index contributed by atoms with van der Waals surface area (Å²) in [6, 6.07) is 10.5. The fourth-order valence-corrected chi connectivity index (χ4v) is 5.38. The molecule has 0 radical (unpaired) electrons. The van der Waals surface area contributed by atoms with E-state index in [0.29, 0.717) is 35.0 Å². The zero-order valence-corrected chi connectivity index (χ0v) is 17.1. The van der Waals surface area contributed by atoms with Crippen LogP contribution in [0.15, 0.2) is 30.5 Å². The summed E-state index contributed by atoms with van der Waals surface area (Å²) in [6.07, 6.45) is 6.96. The molecule has 6 rings (SSSR count). The monoisotopic (exact) mass is 404 g/mol. The van der Waals surface area contributed by atoms with Gasteiger partial charge in [-0.2, -0.15) is 15.0 Å². The molecule has 0 aromatic carbocycles. The predicted molar refractivity (Wildman–Crippen MR) is 111 cm³/mol. The van der Waals surface area contributed by atoms with E-state index in [4.69, 9.17) is 4.74 Å². The molecule has 3 aromatic heterocycles. The molecule has 154 valence electrons. The molecule has 0 amide bonds. The molecule has 6 heterocycles. The second kappa shape index (κ2) is 6.73. The van der Waals surface area contributed by atoms with Crippen molar-refractivity contribution in [2.75, 3.05) is 12.4 Å². The summed E-state index contributed by atoms with van der Waals surface area (Å²) in [5.74, 6) is 1.32. The minimum absolute atomic E-state index is 0.483. The van der Waals surface area contributed by atoms with Crippen LogP contribution in [0.25, 0.3) is 22.6 Å². The minimum atomic E-state index is 0.483. The van der Waals surface area contributed by atoms with Crippen LogP contribution < -0.4 is 10.1 Å². The molecule has 0 aliphatic carbocycles. The summed E-state index contributed by atoms with van der Waals surface area (Å²) < 4.78 is 5.48. The number of aryl methyl sites for hydroxylation is 1. The lowest BCUT2D eigenvalue weighted by Crippen LogP contribution is -2.55. The molecular weight excluding hydrogens is 380 g/mol. The largest absolute Gasteiger partial charge is 0.480 e. The Morgan fingerprint density at radius 3 is 2.53 bits per heavy atom. The number of hydrogen-bond acceptors (Lipinski definition) is 8. The first-order chi connectivity index (χ1) is 14.7. The molecule has 3 fully saturated rings. The lowest BCUT2D eigenvalue weighted by Gasteiger charge is -2.44. The van der Waals surface area contributed by atoms with Gasteiger partial charge >= 0.3 is 0 Å². The molecule has 1 unspecified atom stereocenters. The first-order valence-electron chi connectivity index (χ1n) is 10.5. The van der Waals surface area contributed by atoms with Crippen LogP contribution in [0.1, 0.15) is 25.7 Å². The number of aromatic nitrogens is 6. The van der Waals surface area contributed by atoms with Crippen molar-refractivity contribution in [3.8, 4) is 28.5 Å². The summed E-state index contributed by atoms with van der Waals surface area (Å²) in [6.45, 7) is 0. The van der Waals surface area contributed by atoms with E-state index in [1.54, 1.807) is 20.4 Å². The number of methoxy groups -OCH3 is 1. The van der Waals surface area contributed by atoms with Crippen LogP contribution in [0, 0.1) is 0 Å². The summed E-state index contributed by atoms with van der Waals surface area (Å²) >= 11 is 0. The lowest BCUT2D eigenvalue weighted by molar-refractivity contribution is 0.0593. The Balaban J connectivity index is 1.20. The van der Waals surface area contributed by atoms with Gasteiger partial charge in [0.15, 0.2) is 0 Å². The highest BCUT2D eigenvalue weighted by Gasteiger charge is 2.55. The Bertz CT molecular complexity index is 1080. The Kier molecular flexibility index (Phi) is 3.98. The molecule has 3 aliphatic heterocycles. The molecule has 9 heteroatoms. The van der Waals surface area contributed by atoms with Gasteiger partial charge in [0.25, 0.3) is 0 Å². The number of nitrogens with zero attached hydrogens (tertiary/aromatic N) is 7. The molecule has 0 saturated carbocycles. The van der Waals surface area contributed by atoms with E-state index < -0.39 is 0 Å². The van der Waals surface area contributed by atoms with Gasteiger partial charge in [-0.15, -0.1) is 10.2 Å². The van der Waals surface area contributed by atoms with E-state index >= 15 is 0 Å². The van der Waals surface area contributed by atoms with Gasteiger partial charge in [0.2, 0.25) is 5.88 Å². The van der Waals surface area contributed by atoms with Crippen molar-refractivity contribution in [2.24, 2.45) is 7.05 Å². The highest BCUT2D eigenvalue weighted by Crippen LogP contribution is 2.48. The molecule has 3 aromatic rings. The Morgan fingerprint density at radius 1 is 1.00 bits per heavy atom. The molecule has 1 N–H and O–H groups in total. The van der Waals surface area contributed by atoms with Crippen molar-refractivity contribution >= 4 is 5.82 Å². The predicted octanol–water partition coefficient (Wildman–Crippen LogP) is 2.13. The van der Waals surface area contributed by atoms with E-state index in [0.717, 1.165) is 23.5 Å². The third-order valence-corrected chi connectivity index (χ3v) is 6.75. The zero-order valence-electron chi connectivity index (χ0n) is 17.1. The summed E-state index contributed by atoms with van der Waals surface area (Å²) in [5, 5.41) is 20.9. The highest BCUT2D eigenvalue weighted by molar-refractivity contribution is 5.68. The Labute approximate surface area is 174 Å². The van der Waals surface area contributed by atoms with E-state index in [-0.39, 0.29) is 0 Å². The number of rotatable bonds is 5. The van der Waals surface area contributed by atoms with Crippen LogP contribution in [-0.4, -0.2) is 66.4 Å². The second-order valence-electron chi connectivity index (χ2n) is 8.40. The third kappa shape index (κ3) is 2.76. The fourth-order valence-electron chi connectivity index (χ4n) is 5.38. The molecule has 9 nitrogen and oxygen atoms in total. The summed E-state index contributed by atoms with van der Waals surface area (Å²) in [5.41, 5.74) is 2.93. The van der Waals surface area contributed by atoms with E-state index in [2.05, 4.69) is 35.6 Å². The van der Waals surface area contributed by atoms with Crippen molar-refractivity contribution in [3.05, 3.63) is 30.5 Å². The molecule has 3 saturated heterocycles. The average Bonchev–Trinajstić information content (AvgIpc) is 3.37. The molecule has 0 spiro atoms. The summed E-state index contributed by atoms with van der Waals surface area (Å²) in [4.78, 5) is 8.84. The number of pyridine rings is 1. The van der Waals surface area contributed by atoms with Gasteiger partial charge < -0.3 is 10.1 Å². The van der Waals surface area contributed by atoms with Gasteiger partial charge in [-0.05, 0) is 49.9 Å². The number of anilines is 1. The topological polar surface area (TPSA) is 93.9 Å². The number of ether oxygens (including phenoxy) is 1. The van der Waals surface area contributed by atoms with Gasteiger partial charge in [0.05, 0.1) is 24.6 Å². The smallest absolute Gasteiger partial charge is 0.223 e. The van der Waals surface area contributed by atoms with Crippen LogP contribution in [0.4, 0.5) is 5.82 Å². The first-order valence-corrected chi connectivity index (χ1v) is 10.5. The van der Waals surface area contributed by atoms with Crippen molar-refractivity contribution in [3.63, 3.8) is 0 Å². The third-order valence-electron chi connectivity index (χ3n) is 6.75. The van der Waals surface area contributed by atoms with Gasteiger partial charge in [-0.25, -0.2) is 4.98 Å². The maximum Gasteiger partial charge on any atom is 0.223 e. The fraction of sp³-hybridized carbons (Fsp3) is 0.476. The van der Waals surface area contributed by atoms with Crippen molar-refractivity contribution in [2.45, 2.75) is 49.9 Å². The zero-order chi connectivity index (χ0) is 20.2. The van der Waals surface area contributed by atoms with Crippen molar-refractivity contribution < 1.29 is 4.74 Å². The maximum absolute atomic E-state index is 5.48. The molecule has 0 bridgehead atoms. The quantitative estimate of drug-likeness (QED) is 0.691. The van der Waals surface area contributed by atoms with E-state index in [1.165, 1.54) is 30.5 Å². The van der Waals surface area contributed by atoms with Gasteiger partial charge in [0, 0.05) is 31.2 Å². The SMILES string of the molecule is COc1nc(-c2ccc(N[C@H]3C[C@@H]4CC[C@@H]5CC3N54)nn2)ccc1-c1cnn(C)n1. The first kappa shape index (κ1) is 17.8. The van der Waals surface area contributed by atoms with Crippen molar-refractivity contribution in [1.82, 2.24) is 35.1 Å². The minimum Gasteiger partial charge on any atom is -0.480 e. The normalized spacial score (nSPS) is 27.0. The van der Waals surface area contributed by atoms with Crippen LogP contribution in [0.2, 0.25) is 0 Å². The lowest BCUT2D eigenvalue weighted by atomic mass is 9.89. The number of nitrogens with one attached hydrogen (secondary N) is 1.